The van der Waals surface area contributed by atoms with Gasteiger partial charge < -0.3 is 15.4 Å². The summed E-state index contributed by atoms with van der Waals surface area (Å²) < 4.78 is 18.5. The lowest BCUT2D eigenvalue weighted by molar-refractivity contribution is 0.0249. The molecule has 28 heavy (non-hydrogen) atoms. The number of anilines is 1. The average Bonchev–Trinajstić information content (AvgIpc) is 3.07. The van der Waals surface area contributed by atoms with Crippen LogP contribution >= 0.6 is 34.5 Å². The van der Waals surface area contributed by atoms with Gasteiger partial charge in [-0.15, -0.1) is 11.3 Å². The van der Waals surface area contributed by atoms with Crippen molar-refractivity contribution >= 4 is 51.7 Å². The molecule has 1 aliphatic heterocycles. The number of halogens is 3. The molecule has 0 radical (unpaired) electrons. The highest BCUT2D eigenvalue weighted by Crippen LogP contribution is 2.44. The van der Waals surface area contributed by atoms with Crippen LogP contribution in [0.15, 0.2) is 23.2 Å². The van der Waals surface area contributed by atoms with Gasteiger partial charge in [0.1, 0.15) is 36.0 Å². The standard InChI is InChI=1S/C18H16Cl2FN5OS/c19-10-1-2-12(14(20)5-10)15-13(7-22)18(28-16(15)17(24)25-9-23)26-3-4-27-11(6-21)8-26/h1-2,5,9,11H,3-4,6,8H2,(H3,23,24,25). The Balaban J connectivity index is 2.22. The van der Waals surface area contributed by atoms with Crippen LogP contribution < -0.4 is 10.6 Å². The molecule has 2 heterocycles. The third kappa shape index (κ3) is 3.98. The second-order valence-corrected chi connectivity index (χ2v) is 7.80. The molecule has 0 aliphatic carbocycles. The molecule has 1 atom stereocenters. The lowest BCUT2D eigenvalue weighted by Gasteiger charge is -2.32. The van der Waals surface area contributed by atoms with E-state index in [1.165, 1.54) is 11.3 Å². The highest BCUT2D eigenvalue weighted by atomic mass is 35.5. The van der Waals surface area contributed by atoms with Gasteiger partial charge in [-0.3, -0.25) is 5.41 Å². The molecule has 0 amide bonds. The fourth-order valence-corrected chi connectivity index (χ4v) is 4.71. The Morgan fingerprint density at radius 1 is 1.54 bits per heavy atom. The van der Waals surface area contributed by atoms with Crippen molar-refractivity contribution in [2.75, 3.05) is 31.3 Å². The Morgan fingerprint density at radius 3 is 2.96 bits per heavy atom. The summed E-state index contributed by atoms with van der Waals surface area (Å²) in [5, 5.41) is 18.6. The summed E-state index contributed by atoms with van der Waals surface area (Å²) in [5.74, 6) is 0.0964. The van der Waals surface area contributed by atoms with E-state index in [9.17, 15) is 9.65 Å². The number of aliphatic imine (C=N–C) groups is 1. The van der Waals surface area contributed by atoms with E-state index in [1.54, 1.807) is 18.2 Å². The van der Waals surface area contributed by atoms with Crippen LogP contribution in [0.2, 0.25) is 10.0 Å². The summed E-state index contributed by atoms with van der Waals surface area (Å²) in [4.78, 5) is 6.28. The second kappa shape index (κ2) is 8.88. The number of morpholine rings is 1. The lowest BCUT2D eigenvalue weighted by atomic mass is 10.0. The van der Waals surface area contributed by atoms with Gasteiger partial charge in [0.05, 0.1) is 17.0 Å². The Kier molecular flexibility index (Phi) is 6.52. The number of nitrogens with one attached hydrogen (secondary N) is 1. The molecule has 6 nitrogen and oxygen atoms in total. The van der Waals surface area contributed by atoms with Crippen molar-refractivity contribution in [3.8, 4) is 17.2 Å². The molecule has 146 valence electrons. The summed E-state index contributed by atoms with van der Waals surface area (Å²) in [7, 11) is 0. The van der Waals surface area contributed by atoms with Gasteiger partial charge in [0.15, 0.2) is 0 Å². The van der Waals surface area contributed by atoms with Gasteiger partial charge in [0, 0.05) is 34.3 Å². The normalized spacial score (nSPS) is 17.4. The van der Waals surface area contributed by atoms with Crippen molar-refractivity contribution < 1.29 is 9.13 Å². The number of rotatable bonds is 5. The minimum Gasteiger partial charge on any atom is -0.382 e. The van der Waals surface area contributed by atoms with Crippen molar-refractivity contribution in [1.82, 2.24) is 0 Å². The molecule has 1 aromatic heterocycles. The highest BCUT2D eigenvalue weighted by Gasteiger charge is 2.29. The first kappa shape index (κ1) is 20.6. The van der Waals surface area contributed by atoms with Crippen molar-refractivity contribution in [2.45, 2.75) is 6.10 Å². The quantitative estimate of drug-likeness (QED) is 0.541. The maximum absolute atomic E-state index is 13.1. The first-order chi connectivity index (χ1) is 13.5. The molecule has 0 saturated carbocycles. The van der Waals surface area contributed by atoms with Crippen LogP contribution in [0.3, 0.4) is 0 Å². The van der Waals surface area contributed by atoms with E-state index in [-0.39, 0.29) is 5.84 Å². The summed E-state index contributed by atoms with van der Waals surface area (Å²) in [5.41, 5.74) is 7.54. The molecule has 1 aliphatic rings. The zero-order valence-electron chi connectivity index (χ0n) is 14.6. The molecule has 1 unspecified atom stereocenters. The first-order valence-electron chi connectivity index (χ1n) is 8.27. The number of hydrogen-bond acceptors (Lipinski definition) is 5. The van der Waals surface area contributed by atoms with Crippen molar-refractivity contribution in [1.29, 1.82) is 10.7 Å². The minimum atomic E-state index is -0.607. The lowest BCUT2D eigenvalue weighted by Crippen LogP contribution is -2.43. The van der Waals surface area contributed by atoms with Crippen molar-refractivity contribution in [3.63, 3.8) is 0 Å². The second-order valence-electron chi connectivity index (χ2n) is 5.96. The van der Waals surface area contributed by atoms with Gasteiger partial charge in [-0.2, -0.15) is 5.26 Å². The number of nitrogens with zero attached hydrogens (tertiary/aromatic N) is 3. The van der Waals surface area contributed by atoms with E-state index in [0.29, 0.717) is 56.3 Å². The Labute approximate surface area is 175 Å². The Morgan fingerprint density at radius 2 is 2.32 bits per heavy atom. The molecular weight excluding hydrogens is 424 g/mol. The third-order valence-electron chi connectivity index (χ3n) is 4.24. The minimum absolute atomic E-state index is 0.0964. The van der Waals surface area contributed by atoms with Gasteiger partial charge in [-0.25, -0.2) is 9.38 Å². The fourth-order valence-electron chi connectivity index (χ4n) is 3.00. The number of amidine groups is 1. The summed E-state index contributed by atoms with van der Waals surface area (Å²) in [6, 6.07) is 7.19. The summed E-state index contributed by atoms with van der Waals surface area (Å²) in [6.45, 7) is 0.582. The highest BCUT2D eigenvalue weighted by molar-refractivity contribution is 7.19. The topological polar surface area (TPSA) is 98.5 Å². The molecule has 0 bridgehead atoms. The van der Waals surface area contributed by atoms with Crippen LogP contribution in [0.5, 0.6) is 0 Å². The third-order valence-corrected chi connectivity index (χ3v) is 6.06. The number of thiophene rings is 1. The first-order valence-corrected chi connectivity index (χ1v) is 9.84. The van der Waals surface area contributed by atoms with Gasteiger partial charge in [0.2, 0.25) is 0 Å². The van der Waals surface area contributed by atoms with Crippen LogP contribution in [-0.4, -0.2) is 44.6 Å². The molecular formula is C18H16Cl2FN5OS. The largest absolute Gasteiger partial charge is 0.382 e. The molecule has 2 aromatic rings. The van der Waals surface area contributed by atoms with Gasteiger partial charge in [-0.1, -0.05) is 29.3 Å². The van der Waals surface area contributed by atoms with E-state index in [4.69, 9.17) is 39.1 Å². The molecule has 1 saturated heterocycles. The molecule has 0 spiro atoms. The van der Waals surface area contributed by atoms with Gasteiger partial charge >= 0.3 is 0 Å². The van der Waals surface area contributed by atoms with Crippen LogP contribution in [0, 0.1) is 16.7 Å². The van der Waals surface area contributed by atoms with E-state index in [1.807, 2.05) is 4.90 Å². The van der Waals surface area contributed by atoms with Crippen LogP contribution in [0.1, 0.15) is 10.4 Å². The van der Waals surface area contributed by atoms with E-state index < -0.39 is 12.8 Å². The molecule has 3 N–H and O–H groups in total. The Bertz CT molecular complexity index is 972. The zero-order chi connectivity index (χ0) is 20.3. The molecule has 10 heteroatoms. The van der Waals surface area contributed by atoms with Crippen molar-refractivity contribution in [2.24, 2.45) is 10.7 Å². The van der Waals surface area contributed by atoms with E-state index in [0.717, 1.165) is 6.34 Å². The Hall–Kier alpha value is -2.18. The van der Waals surface area contributed by atoms with Crippen LogP contribution in [0.25, 0.3) is 11.1 Å². The number of benzene rings is 1. The maximum Gasteiger partial charge on any atom is 0.143 e. The molecule has 1 fully saturated rings. The van der Waals surface area contributed by atoms with Crippen molar-refractivity contribution in [3.05, 3.63) is 38.7 Å². The van der Waals surface area contributed by atoms with Crippen LogP contribution in [-0.2, 0) is 4.74 Å². The molecule has 3 rings (SSSR count). The smallest absolute Gasteiger partial charge is 0.143 e. The average molecular weight is 440 g/mol. The maximum atomic E-state index is 13.1. The monoisotopic (exact) mass is 439 g/mol. The summed E-state index contributed by atoms with van der Waals surface area (Å²) >= 11 is 13.7. The predicted molar refractivity (Wildman–Crippen MR) is 112 cm³/mol. The van der Waals surface area contributed by atoms with E-state index >= 15 is 0 Å². The van der Waals surface area contributed by atoms with Gasteiger partial charge in [-0.05, 0) is 12.1 Å². The number of ether oxygens (including phenoxy) is 1. The number of nitrogens with two attached hydrogens (primary N) is 1. The number of hydrogen-bond donors (Lipinski definition) is 2. The van der Waals surface area contributed by atoms with Crippen LogP contribution in [0.4, 0.5) is 9.39 Å². The number of nitriles is 1. The van der Waals surface area contributed by atoms with Gasteiger partial charge in [0.25, 0.3) is 0 Å². The molecule has 1 aromatic carbocycles. The predicted octanol–water partition coefficient (Wildman–Crippen LogP) is 4.08. The SMILES string of the molecule is N#Cc1c(N2CCOC(CF)C2)sc(C(N)=NC=N)c1-c1ccc(Cl)cc1Cl. The summed E-state index contributed by atoms with van der Waals surface area (Å²) in [6.07, 6.45) is 0.281. The number of alkyl halides is 1. The fraction of sp³-hybridized carbons (Fsp3) is 0.278. The van der Waals surface area contributed by atoms with E-state index in [2.05, 4.69) is 11.1 Å². The zero-order valence-corrected chi connectivity index (χ0v) is 16.9.